The van der Waals surface area contributed by atoms with Crippen molar-refractivity contribution >= 4 is 50.9 Å². The third kappa shape index (κ3) is 3.69. The van der Waals surface area contributed by atoms with Crippen LogP contribution in [0.2, 0.25) is 10.0 Å². The van der Waals surface area contributed by atoms with Gasteiger partial charge in [0, 0.05) is 10.6 Å². The van der Waals surface area contributed by atoms with Gasteiger partial charge in [0.2, 0.25) is 0 Å². The van der Waals surface area contributed by atoms with Crippen LogP contribution in [0.3, 0.4) is 0 Å². The number of esters is 1. The monoisotopic (exact) mass is 338 g/mol. The third-order valence-corrected chi connectivity index (χ3v) is 3.27. The van der Waals surface area contributed by atoms with Gasteiger partial charge in [-0.3, -0.25) is 9.59 Å². The van der Waals surface area contributed by atoms with Crippen molar-refractivity contribution in [2.24, 2.45) is 0 Å². The molecule has 1 rings (SSSR count). The summed E-state index contributed by atoms with van der Waals surface area (Å²) in [5.74, 6) is -1.12. The Labute approximate surface area is 117 Å². The quantitative estimate of drug-likeness (QED) is 0.365. The van der Waals surface area contributed by atoms with Gasteiger partial charge in [-0.1, -0.05) is 39.1 Å². The van der Waals surface area contributed by atoms with Crippen LogP contribution in [0, 0.1) is 0 Å². The first-order valence-electron chi connectivity index (χ1n) is 4.77. The average molecular weight is 340 g/mol. The lowest BCUT2D eigenvalue weighted by Crippen LogP contribution is -2.26. The van der Waals surface area contributed by atoms with Gasteiger partial charge < -0.3 is 4.74 Å². The maximum atomic E-state index is 11.9. The number of hydrogen-bond donors (Lipinski definition) is 0. The molecule has 0 spiro atoms. The highest BCUT2D eigenvalue weighted by atomic mass is 79.9. The van der Waals surface area contributed by atoms with Crippen molar-refractivity contribution in [3.8, 4) is 0 Å². The fourth-order valence-corrected chi connectivity index (χ4v) is 1.91. The number of rotatable bonds is 4. The summed E-state index contributed by atoms with van der Waals surface area (Å²) in [6.07, 6.45) is 0. The van der Waals surface area contributed by atoms with Crippen LogP contribution in [0.25, 0.3) is 0 Å². The summed E-state index contributed by atoms with van der Waals surface area (Å²) in [4.78, 5) is 22.3. The van der Waals surface area contributed by atoms with Crippen LogP contribution >= 0.6 is 39.1 Å². The molecule has 0 saturated heterocycles. The van der Waals surface area contributed by atoms with Gasteiger partial charge in [-0.25, -0.2) is 0 Å². The lowest BCUT2D eigenvalue weighted by atomic mass is 10.1. The summed E-state index contributed by atoms with van der Waals surface area (Å²) in [5, 5.41) is 0.620. The number of carbonyl (C=O) groups excluding carboxylic acids is 2. The largest absolute Gasteiger partial charge is 0.465 e. The average Bonchev–Trinajstić information content (AvgIpc) is 2.30. The Morgan fingerprint density at radius 3 is 2.65 bits per heavy atom. The standard InChI is InChI=1S/C11H9BrCl2O3/c1-2-17-11(16)9(12)10(15)7-5-6(13)3-4-8(7)14/h3-5,9H,2H2,1H3. The molecule has 1 atom stereocenters. The Bertz CT molecular complexity index is 448. The Hall–Kier alpha value is -0.580. The van der Waals surface area contributed by atoms with Crippen molar-refractivity contribution in [1.82, 2.24) is 0 Å². The Morgan fingerprint density at radius 1 is 1.41 bits per heavy atom. The molecule has 0 fully saturated rings. The second-order valence-corrected chi connectivity index (χ2v) is 4.86. The van der Waals surface area contributed by atoms with Crippen molar-refractivity contribution in [3.63, 3.8) is 0 Å². The van der Waals surface area contributed by atoms with Crippen LogP contribution in [0.15, 0.2) is 18.2 Å². The summed E-state index contributed by atoms with van der Waals surface area (Å²) >= 11 is 14.6. The minimum Gasteiger partial charge on any atom is -0.465 e. The van der Waals surface area contributed by atoms with Gasteiger partial charge in [-0.05, 0) is 25.1 Å². The number of ketones is 1. The molecule has 0 aliphatic carbocycles. The van der Waals surface area contributed by atoms with Gasteiger partial charge in [0.05, 0.1) is 11.6 Å². The van der Waals surface area contributed by atoms with Crippen LogP contribution in [-0.2, 0) is 9.53 Å². The second-order valence-electron chi connectivity index (χ2n) is 3.10. The lowest BCUT2D eigenvalue weighted by Gasteiger charge is -2.09. The van der Waals surface area contributed by atoms with E-state index in [2.05, 4.69) is 15.9 Å². The predicted octanol–water partition coefficient (Wildman–Crippen LogP) is 3.50. The summed E-state index contributed by atoms with van der Waals surface area (Å²) in [7, 11) is 0. The van der Waals surface area contributed by atoms with E-state index in [1.807, 2.05) is 0 Å². The van der Waals surface area contributed by atoms with Crippen LogP contribution < -0.4 is 0 Å². The van der Waals surface area contributed by atoms with Gasteiger partial charge in [-0.15, -0.1) is 0 Å². The van der Waals surface area contributed by atoms with E-state index in [-0.39, 0.29) is 17.2 Å². The SMILES string of the molecule is CCOC(=O)C(Br)C(=O)c1cc(Cl)ccc1Cl. The summed E-state index contributed by atoms with van der Waals surface area (Å²) in [6.45, 7) is 1.87. The highest BCUT2D eigenvalue weighted by Crippen LogP contribution is 2.24. The topological polar surface area (TPSA) is 43.4 Å². The molecule has 0 saturated carbocycles. The predicted molar refractivity (Wildman–Crippen MR) is 70.1 cm³/mol. The maximum Gasteiger partial charge on any atom is 0.327 e. The molecule has 1 aromatic carbocycles. The van der Waals surface area contributed by atoms with Crippen molar-refractivity contribution in [2.75, 3.05) is 6.61 Å². The normalized spacial score (nSPS) is 12.0. The van der Waals surface area contributed by atoms with Gasteiger partial charge >= 0.3 is 5.97 Å². The van der Waals surface area contributed by atoms with E-state index in [1.54, 1.807) is 13.0 Å². The van der Waals surface area contributed by atoms with E-state index in [4.69, 9.17) is 27.9 Å². The van der Waals surface area contributed by atoms with Crippen molar-refractivity contribution < 1.29 is 14.3 Å². The minimum atomic E-state index is -1.07. The zero-order valence-corrected chi connectivity index (χ0v) is 12.0. The highest BCUT2D eigenvalue weighted by molar-refractivity contribution is 9.10. The van der Waals surface area contributed by atoms with Crippen LogP contribution in [0.1, 0.15) is 17.3 Å². The molecule has 0 N–H and O–H groups in total. The number of ether oxygens (including phenoxy) is 1. The van der Waals surface area contributed by atoms with E-state index in [0.29, 0.717) is 5.02 Å². The van der Waals surface area contributed by atoms with E-state index >= 15 is 0 Å². The fourth-order valence-electron chi connectivity index (χ4n) is 1.15. The summed E-state index contributed by atoms with van der Waals surface area (Å²) in [6, 6.07) is 4.48. The van der Waals surface area contributed by atoms with E-state index < -0.39 is 16.6 Å². The smallest absolute Gasteiger partial charge is 0.327 e. The summed E-state index contributed by atoms with van der Waals surface area (Å²) in [5.41, 5.74) is 0.189. The Balaban J connectivity index is 2.96. The molecule has 6 heteroatoms. The highest BCUT2D eigenvalue weighted by Gasteiger charge is 2.27. The van der Waals surface area contributed by atoms with Gasteiger partial charge in [0.25, 0.3) is 0 Å². The Morgan fingerprint density at radius 2 is 2.06 bits per heavy atom. The molecule has 0 aliphatic heterocycles. The third-order valence-electron chi connectivity index (χ3n) is 1.92. The molecule has 0 amide bonds. The first kappa shape index (κ1) is 14.5. The fraction of sp³-hybridized carbons (Fsp3) is 0.273. The molecule has 0 heterocycles. The number of hydrogen-bond acceptors (Lipinski definition) is 3. The number of halogens is 3. The van der Waals surface area contributed by atoms with E-state index in [0.717, 1.165) is 0 Å². The molecule has 0 bridgehead atoms. The van der Waals surface area contributed by atoms with Crippen LogP contribution in [0.5, 0.6) is 0 Å². The number of alkyl halides is 1. The molecule has 1 unspecified atom stereocenters. The molecular formula is C11H9BrCl2O3. The zero-order valence-electron chi connectivity index (χ0n) is 8.88. The minimum absolute atomic E-state index is 0.189. The lowest BCUT2D eigenvalue weighted by molar-refractivity contribution is -0.141. The van der Waals surface area contributed by atoms with Gasteiger partial charge in [0.1, 0.15) is 0 Å². The molecule has 0 radical (unpaired) electrons. The molecule has 0 aliphatic rings. The number of Topliss-reactive ketones (excluding diaryl/α,β-unsaturated/α-hetero) is 1. The van der Waals surface area contributed by atoms with Crippen LogP contribution in [-0.4, -0.2) is 23.2 Å². The van der Waals surface area contributed by atoms with Crippen molar-refractivity contribution in [2.45, 2.75) is 11.8 Å². The van der Waals surface area contributed by atoms with Crippen molar-refractivity contribution in [1.29, 1.82) is 0 Å². The molecular weight excluding hydrogens is 331 g/mol. The van der Waals surface area contributed by atoms with E-state index in [1.165, 1.54) is 12.1 Å². The van der Waals surface area contributed by atoms with Crippen molar-refractivity contribution in [3.05, 3.63) is 33.8 Å². The number of benzene rings is 1. The zero-order chi connectivity index (χ0) is 13.0. The first-order chi connectivity index (χ1) is 7.97. The van der Waals surface area contributed by atoms with E-state index in [9.17, 15) is 9.59 Å². The maximum absolute atomic E-state index is 11.9. The Kier molecular flexibility index (Phi) is 5.43. The van der Waals surface area contributed by atoms with Gasteiger partial charge in [-0.2, -0.15) is 0 Å². The molecule has 17 heavy (non-hydrogen) atoms. The molecule has 1 aromatic rings. The molecule has 3 nitrogen and oxygen atoms in total. The first-order valence-corrected chi connectivity index (χ1v) is 6.44. The summed E-state index contributed by atoms with van der Waals surface area (Å²) < 4.78 is 4.73. The number of carbonyl (C=O) groups is 2. The van der Waals surface area contributed by atoms with Gasteiger partial charge in [0.15, 0.2) is 10.6 Å². The molecule has 0 aromatic heterocycles. The molecule has 92 valence electrons. The second kappa shape index (κ2) is 6.38. The van der Waals surface area contributed by atoms with Crippen LogP contribution in [0.4, 0.5) is 0 Å².